The Bertz CT molecular complexity index is 313. The van der Waals surface area contributed by atoms with Crippen molar-refractivity contribution in [1.29, 1.82) is 0 Å². The van der Waals surface area contributed by atoms with Gasteiger partial charge in [-0.05, 0) is 58.8 Å². The smallest absolute Gasteiger partial charge is 0.0490 e. The molecule has 4 fully saturated rings. The molecule has 4 nitrogen and oxygen atoms in total. The first-order valence-corrected chi connectivity index (χ1v) is 8.03. The maximum Gasteiger partial charge on any atom is 0.0490 e. The van der Waals surface area contributed by atoms with Gasteiger partial charge < -0.3 is 15.5 Å². The lowest BCUT2D eigenvalue weighted by molar-refractivity contribution is -0.0810. The van der Waals surface area contributed by atoms with Crippen molar-refractivity contribution in [2.75, 3.05) is 52.9 Å². The Hall–Kier alpha value is -0.160. The normalized spacial score (nSPS) is 45.3. The summed E-state index contributed by atoms with van der Waals surface area (Å²) in [6.07, 6.45) is 4.00. The first kappa shape index (κ1) is 13.8. The predicted octanol–water partition coefficient (Wildman–Crippen LogP) is 0.436. The summed E-state index contributed by atoms with van der Waals surface area (Å²) in [5, 5.41) is 0. The zero-order valence-electron chi connectivity index (χ0n) is 12.6. The molecule has 0 aliphatic carbocycles. The van der Waals surface area contributed by atoms with Crippen LogP contribution in [-0.2, 0) is 0 Å². The monoisotopic (exact) mass is 266 g/mol. The third kappa shape index (κ3) is 2.33. The van der Waals surface area contributed by atoms with E-state index in [1.54, 1.807) is 0 Å². The van der Waals surface area contributed by atoms with Crippen molar-refractivity contribution < 1.29 is 0 Å². The fourth-order valence-electron chi connectivity index (χ4n) is 4.85. The van der Waals surface area contributed by atoms with Crippen LogP contribution in [0.15, 0.2) is 0 Å². The predicted molar refractivity (Wildman–Crippen MR) is 79.2 cm³/mol. The van der Waals surface area contributed by atoms with Gasteiger partial charge in [0.1, 0.15) is 0 Å². The second-order valence-electron chi connectivity index (χ2n) is 7.02. The summed E-state index contributed by atoms with van der Waals surface area (Å²) in [6.45, 7) is 10.7. The Morgan fingerprint density at radius 3 is 2.47 bits per heavy atom. The highest BCUT2D eigenvalue weighted by Crippen LogP contribution is 2.40. The molecule has 4 rings (SSSR count). The molecule has 4 heterocycles. The molecule has 2 unspecified atom stereocenters. The fourth-order valence-corrected chi connectivity index (χ4v) is 4.85. The highest BCUT2D eigenvalue weighted by molar-refractivity contribution is 5.07. The van der Waals surface area contributed by atoms with Crippen molar-refractivity contribution in [3.05, 3.63) is 0 Å². The van der Waals surface area contributed by atoms with Crippen LogP contribution in [0.5, 0.6) is 0 Å². The average Bonchev–Trinajstić information content (AvgIpc) is 2.60. The molecule has 0 spiro atoms. The summed E-state index contributed by atoms with van der Waals surface area (Å²) in [7, 11) is 2.26. The lowest BCUT2D eigenvalue weighted by Crippen LogP contribution is -2.71. The van der Waals surface area contributed by atoms with Crippen LogP contribution < -0.4 is 5.73 Å². The molecular formula is C15H30N4. The minimum Gasteiger partial charge on any atom is -0.329 e. The SMILES string of the molecule is CC1CN(C)CCCN1C1(CN)CN2CCC1CC2. The number of hydrogen-bond acceptors (Lipinski definition) is 4. The van der Waals surface area contributed by atoms with Gasteiger partial charge >= 0.3 is 0 Å². The molecule has 19 heavy (non-hydrogen) atoms. The minimum atomic E-state index is 0.265. The van der Waals surface area contributed by atoms with Gasteiger partial charge in [0.25, 0.3) is 0 Å². The van der Waals surface area contributed by atoms with E-state index in [2.05, 4.69) is 28.7 Å². The second-order valence-corrected chi connectivity index (χ2v) is 7.02. The lowest BCUT2D eigenvalue weighted by atomic mass is 9.71. The van der Waals surface area contributed by atoms with E-state index in [0.29, 0.717) is 6.04 Å². The van der Waals surface area contributed by atoms with E-state index in [0.717, 1.165) is 12.5 Å². The van der Waals surface area contributed by atoms with Crippen molar-refractivity contribution in [3.63, 3.8) is 0 Å². The number of piperidine rings is 3. The molecule has 2 atom stereocenters. The summed E-state index contributed by atoms with van der Waals surface area (Å²) in [5.74, 6) is 0.827. The molecule has 4 saturated heterocycles. The number of hydrogen-bond donors (Lipinski definition) is 1. The first-order valence-electron chi connectivity index (χ1n) is 8.03. The molecule has 110 valence electrons. The third-order valence-corrected chi connectivity index (χ3v) is 5.82. The molecule has 4 aliphatic heterocycles. The molecule has 4 aliphatic rings. The topological polar surface area (TPSA) is 35.7 Å². The van der Waals surface area contributed by atoms with E-state index in [1.165, 1.54) is 58.5 Å². The van der Waals surface area contributed by atoms with Crippen molar-refractivity contribution in [1.82, 2.24) is 14.7 Å². The lowest BCUT2D eigenvalue weighted by Gasteiger charge is -2.59. The molecule has 0 radical (unpaired) electrons. The number of rotatable bonds is 2. The maximum absolute atomic E-state index is 6.32. The van der Waals surface area contributed by atoms with Crippen LogP contribution >= 0.6 is 0 Å². The molecular weight excluding hydrogens is 236 g/mol. The van der Waals surface area contributed by atoms with Crippen LogP contribution in [0.4, 0.5) is 0 Å². The van der Waals surface area contributed by atoms with Gasteiger partial charge in [0.05, 0.1) is 0 Å². The molecule has 0 amide bonds. The highest BCUT2D eigenvalue weighted by Gasteiger charge is 2.50. The molecule has 2 bridgehead atoms. The summed E-state index contributed by atoms with van der Waals surface area (Å²) < 4.78 is 0. The van der Waals surface area contributed by atoms with E-state index < -0.39 is 0 Å². The zero-order valence-corrected chi connectivity index (χ0v) is 12.6. The minimum absolute atomic E-state index is 0.265. The number of nitrogens with zero attached hydrogens (tertiary/aromatic N) is 3. The van der Waals surface area contributed by atoms with E-state index >= 15 is 0 Å². The van der Waals surface area contributed by atoms with Crippen molar-refractivity contribution in [2.45, 2.75) is 37.8 Å². The fraction of sp³-hybridized carbons (Fsp3) is 1.00. The van der Waals surface area contributed by atoms with Gasteiger partial charge in [0, 0.05) is 37.8 Å². The highest BCUT2D eigenvalue weighted by atomic mass is 15.3. The first-order chi connectivity index (χ1) is 9.15. The Balaban J connectivity index is 1.84. The van der Waals surface area contributed by atoms with Crippen molar-refractivity contribution in [2.24, 2.45) is 11.7 Å². The Kier molecular flexibility index (Phi) is 3.87. The zero-order chi connectivity index (χ0) is 13.5. The third-order valence-electron chi connectivity index (χ3n) is 5.82. The van der Waals surface area contributed by atoms with Gasteiger partial charge in [-0.3, -0.25) is 4.90 Å². The van der Waals surface area contributed by atoms with Crippen LogP contribution in [0, 0.1) is 5.92 Å². The number of nitrogens with two attached hydrogens (primary N) is 1. The van der Waals surface area contributed by atoms with Gasteiger partial charge in [-0.15, -0.1) is 0 Å². The Labute approximate surface area is 117 Å². The Morgan fingerprint density at radius 1 is 1.16 bits per heavy atom. The molecule has 0 aromatic rings. The molecule has 0 saturated carbocycles. The van der Waals surface area contributed by atoms with E-state index in [1.807, 2.05) is 0 Å². The Morgan fingerprint density at radius 2 is 1.89 bits per heavy atom. The maximum atomic E-state index is 6.32. The van der Waals surface area contributed by atoms with E-state index in [4.69, 9.17) is 5.73 Å². The van der Waals surface area contributed by atoms with Crippen LogP contribution in [-0.4, -0.2) is 79.1 Å². The summed E-state index contributed by atoms with van der Waals surface area (Å²) in [6, 6.07) is 0.636. The average molecular weight is 266 g/mol. The van der Waals surface area contributed by atoms with Crippen LogP contribution in [0.2, 0.25) is 0 Å². The number of likely N-dealkylation sites (N-methyl/N-ethyl adjacent to an activating group) is 1. The van der Waals surface area contributed by atoms with Crippen LogP contribution in [0.25, 0.3) is 0 Å². The van der Waals surface area contributed by atoms with Crippen molar-refractivity contribution in [3.8, 4) is 0 Å². The van der Waals surface area contributed by atoms with Gasteiger partial charge in [0.15, 0.2) is 0 Å². The molecule has 0 aromatic carbocycles. The number of fused-ring (bicyclic) bond motifs is 3. The van der Waals surface area contributed by atoms with Gasteiger partial charge in [-0.1, -0.05) is 0 Å². The quantitative estimate of drug-likeness (QED) is 0.786. The van der Waals surface area contributed by atoms with Crippen LogP contribution in [0.3, 0.4) is 0 Å². The van der Waals surface area contributed by atoms with Gasteiger partial charge in [0.2, 0.25) is 0 Å². The second kappa shape index (κ2) is 5.32. The summed E-state index contributed by atoms with van der Waals surface area (Å²) in [4.78, 5) is 7.91. The largest absolute Gasteiger partial charge is 0.329 e. The summed E-state index contributed by atoms with van der Waals surface area (Å²) in [5.41, 5.74) is 6.59. The van der Waals surface area contributed by atoms with Crippen LogP contribution in [0.1, 0.15) is 26.2 Å². The van der Waals surface area contributed by atoms with Crippen molar-refractivity contribution >= 4 is 0 Å². The molecule has 0 aromatic heterocycles. The van der Waals surface area contributed by atoms with E-state index in [-0.39, 0.29) is 5.54 Å². The van der Waals surface area contributed by atoms with Gasteiger partial charge in [-0.2, -0.15) is 0 Å². The molecule has 4 heteroatoms. The van der Waals surface area contributed by atoms with E-state index in [9.17, 15) is 0 Å². The van der Waals surface area contributed by atoms with Gasteiger partial charge in [-0.25, -0.2) is 0 Å². The summed E-state index contributed by atoms with van der Waals surface area (Å²) >= 11 is 0. The standard InChI is InChI=1S/C15H30N4/c1-13-10-17(2)6-3-7-19(13)15(11-16)12-18-8-4-14(15)5-9-18/h13-14H,3-12,16H2,1-2H3. The molecule has 2 N–H and O–H groups in total.